The molecule has 0 spiro atoms. The van der Waals surface area contributed by atoms with Gasteiger partial charge in [0, 0.05) is 18.5 Å². The van der Waals surface area contributed by atoms with Crippen LogP contribution < -0.4 is 5.32 Å². The van der Waals surface area contributed by atoms with Crippen molar-refractivity contribution >= 4 is 17.7 Å². The van der Waals surface area contributed by atoms with Crippen LogP contribution in [0.5, 0.6) is 0 Å². The molecule has 1 N–H and O–H groups in total. The number of ketones is 1. The minimum absolute atomic E-state index is 0.150. The number of fused-ring (bicyclic) bond motifs is 1. The van der Waals surface area contributed by atoms with Gasteiger partial charge in [-0.3, -0.25) is 14.4 Å². The molecule has 5 heteroatoms. The van der Waals surface area contributed by atoms with Gasteiger partial charge in [0.2, 0.25) is 0 Å². The van der Waals surface area contributed by atoms with Crippen LogP contribution in [0.2, 0.25) is 0 Å². The number of amides is 1. The molecule has 0 saturated heterocycles. The zero-order chi connectivity index (χ0) is 15.9. The quantitative estimate of drug-likeness (QED) is 0.669. The molecule has 1 heterocycles. The molecule has 0 aromatic heterocycles. The van der Waals surface area contributed by atoms with Crippen molar-refractivity contribution in [2.24, 2.45) is 5.92 Å². The summed E-state index contributed by atoms with van der Waals surface area (Å²) in [7, 11) is 0. The number of hydrogen-bond acceptors (Lipinski definition) is 4. The van der Waals surface area contributed by atoms with E-state index in [4.69, 9.17) is 4.74 Å². The van der Waals surface area contributed by atoms with Gasteiger partial charge in [-0.2, -0.15) is 0 Å². The number of carbonyl (C=O) groups excluding carboxylic acids is 3. The van der Waals surface area contributed by atoms with Crippen LogP contribution in [0.25, 0.3) is 0 Å². The molecule has 1 atom stereocenters. The number of rotatable bonds is 2. The second kappa shape index (κ2) is 7.73. The van der Waals surface area contributed by atoms with Crippen LogP contribution in [0.1, 0.15) is 42.1 Å². The van der Waals surface area contributed by atoms with Crippen LogP contribution in [0.4, 0.5) is 0 Å². The minimum Gasteiger partial charge on any atom is -0.465 e. The van der Waals surface area contributed by atoms with E-state index in [-0.39, 0.29) is 31.3 Å². The highest BCUT2D eigenvalue weighted by Gasteiger charge is 2.27. The Kier molecular flexibility index (Phi) is 5.69. The van der Waals surface area contributed by atoms with E-state index in [1.54, 1.807) is 13.0 Å². The minimum atomic E-state index is -0.720. The number of Topliss-reactive ketones (excluding diaryl/α,β-unsaturated/α-hetero) is 1. The van der Waals surface area contributed by atoms with E-state index in [0.29, 0.717) is 24.8 Å². The zero-order valence-electron chi connectivity index (χ0n) is 12.8. The molecule has 1 aromatic carbocycles. The lowest BCUT2D eigenvalue weighted by Gasteiger charge is -2.14. The van der Waals surface area contributed by atoms with Crippen molar-refractivity contribution in [1.29, 1.82) is 0 Å². The summed E-state index contributed by atoms with van der Waals surface area (Å²) < 4.78 is 4.99. The zero-order valence-corrected chi connectivity index (χ0v) is 12.8. The van der Waals surface area contributed by atoms with Crippen LogP contribution in [-0.2, 0) is 20.7 Å². The highest BCUT2D eigenvalue weighted by Crippen LogP contribution is 2.18. The molecule has 1 aliphatic heterocycles. The van der Waals surface area contributed by atoms with Gasteiger partial charge in [0.1, 0.15) is 11.7 Å². The number of hydrogen-bond donors (Lipinski definition) is 1. The highest BCUT2D eigenvalue weighted by atomic mass is 16.5. The number of aryl methyl sites for hydroxylation is 1. The first-order chi connectivity index (χ1) is 10.6. The largest absolute Gasteiger partial charge is 0.465 e. The lowest BCUT2D eigenvalue weighted by molar-refractivity contribution is -0.151. The van der Waals surface area contributed by atoms with E-state index < -0.39 is 11.9 Å². The Balaban J connectivity index is 2.17. The maximum atomic E-state index is 12.2. The third-order valence-corrected chi connectivity index (χ3v) is 3.82. The van der Waals surface area contributed by atoms with E-state index in [1.807, 2.05) is 18.2 Å². The highest BCUT2D eigenvalue weighted by molar-refractivity contribution is 6.00. The lowest BCUT2D eigenvalue weighted by Crippen LogP contribution is -2.31. The van der Waals surface area contributed by atoms with E-state index in [0.717, 1.165) is 5.56 Å². The first kappa shape index (κ1) is 16.2. The Morgan fingerprint density at radius 3 is 2.82 bits per heavy atom. The van der Waals surface area contributed by atoms with Crippen LogP contribution in [-0.4, -0.2) is 30.8 Å². The summed E-state index contributed by atoms with van der Waals surface area (Å²) in [6, 6.07) is 7.41. The third kappa shape index (κ3) is 3.93. The Morgan fingerprint density at radius 1 is 1.27 bits per heavy atom. The Morgan fingerprint density at radius 2 is 2.05 bits per heavy atom. The van der Waals surface area contributed by atoms with Gasteiger partial charge in [-0.25, -0.2) is 0 Å². The Bertz CT molecular complexity index is 568. The van der Waals surface area contributed by atoms with Gasteiger partial charge in [-0.05, 0) is 37.8 Å². The van der Waals surface area contributed by atoms with Gasteiger partial charge in [0.25, 0.3) is 5.91 Å². The Hall–Kier alpha value is -2.17. The maximum absolute atomic E-state index is 12.2. The smallest absolute Gasteiger partial charge is 0.316 e. The Labute approximate surface area is 130 Å². The van der Waals surface area contributed by atoms with Crippen LogP contribution in [0.15, 0.2) is 24.3 Å². The van der Waals surface area contributed by atoms with Gasteiger partial charge >= 0.3 is 5.97 Å². The van der Waals surface area contributed by atoms with Crippen molar-refractivity contribution in [2.45, 2.75) is 32.6 Å². The molecule has 0 fully saturated rings. The van der Waals surface area contributed by atoms with Crippen LogP contribution in [0.3, 0.4) is 0 Å². The van der Waals surface area contributed by atoms with Crippen molar-refractivity contribution in [3.8, 4) is 0 Å². The first-order valence-corrected chi connectivity index (χ1v) is 7.69. The van der Waals surface area contributed by atoms with Crippen molar-refractivity contribution in [1.82, 2.24) is 5.32 Å². The lowest BCUT2D eigenvalue weighted by atomic mass is 9.93. The van der Waals surface area contributed by atoms with E-state index in [2.05, 4.69) is 5.32 Å². The molecule has 2 rings (SSSR count). The first-order valence-electron chi connectivity index (χ1n) is 7.69. The molecule has 0 radical (unpaired) electrons. The van der Waals surface area contributed by atoms with E-state index >= 15 is 0 Å². The molecule has 1 unspecified atom stereocenters. The summed E-state index contributed by atoms with van der Waals surface area (Å²) in [6.45, 7) is 2.23. The molecule has 1 aliphatic rings. The average Bonchev–Trinajstić information content (AvgIpc) is 2.53. The molecule has 0 aliphatic carbocycles. The fourth-order valence-corrected chi connectivity index (χ4v) is 2.68. The number of benzene rings is 1. The summed E-state index contributed by atoms with van der Waals surface area (Å²) in [4.78, 5) is 36.3. The van der Waals surface area contributed by atoms with E-state index in [9.17, 15) is 14.4 Å². The summed E-state index contributed by atoms with van der Waals surface area (Å²) in [6.07, 6.45) is 1.93. The summed E-state index contributed by atoms with van der Waals surface area (Å²) >= 11 is 0. The van der Waals surface area contributed by atoms with Crippen molar-refractivity contribution in [3.63, 3.8) is 0 Å². The predicted octanol–water partition coefficient (Wildman–Crippen LogP) is 1.89. The number of nitrogens with one attached hydrogen (secondary N) is 1. The van der Waals surface area contributed by atoms with Crippen molar-refractivity contribution in [3.05, 3.63) is 35.4 Å². The van der Waals surface area contributed by atoms with Crippen molar-refractivity contribution in [2.75, 3.05) is 13.2 Å². The topological polar surface area (TPSA) is 72.5 Å². The van der Waals surface area contributed by atoms with Gasteiger partial charge in [0.15, 0.2) is 0 Å². The van der Waals surface area contributed by atoms with Gasteiger partial charge < -0.3 is 10.1 Å². The van der Waals surface area contributed by atoms with Crippen LogP contribution in [0, 0.1) is 5.92 Å². The number of carbonyl (C=O) groups is 3. The maximum Gasteiger partial charge on any atom is 0.316 e. The van der Waals surface area contributed by atoms with Crippen LogP contribution >= 0.6 is 0 Å². The molecular weight excluding hydrogens is 282 g/mol. The van der Waals surface area contributed by atoms with Gasteiger partial charge in [-0.15, -0.1) is 0 Å². The molecule has 5 nitrogen and oxygen atoms in total. The fraction of sp³-hybridized carbons (Fsp3) is 0.471. The third-order valence-electron chi connectivity index (χ3n) is 3.82. The van der Waals surface area contributed by atoms with Gasteiger partial charge in [-0.1, -0.05) is 18.2 Å². The second-order valence-corrected chi connectivity index (χ2v) is 5.33. The van der Waals surface area contributed by atoms with Crippen molar-refractivity contribution < 1.29 is 19.1 Å². The summed E-state index contributed by atoms with van der Waals surface area (Å²) in [5, 5.41) is 2.75. The monoisotopic (exact) mass is 303 g/mol. The molecule has 1 aromatic rings. The fourth-order valence-electron chi connectivity index (χ4n) is 2.68. The number of ether oxygens (including phenoxy) is 1. The molecule has 0 bridgehead atoms. The number of esters is 1. The van der Waals surface area contributed by atoms with Gasteiger partial charge in [0.05, 0.1) is 6.61 Å². The molecular formula is C17H21NO4. The molecule has 1 amide bonds. The normalized spacial score (nSPS) is 19.6. The molecule has 118 valence electrons. The summed E-state index contributed by atoms with van der Waals surface area (Å²) in [5.41, 5.74) is 1.58. The summed E-state index contributed by atoms with van der Waals surface area (Å²) in [5.74, 6) is -1.50. The van der Waals surface area contributed by atoms with E-state index in [1.165, 1.54) is 0 Å². The second-order valence-electron chi connectivity index (χ2n) is 5.33. The molecule has 22 heavy (non-hydrogen) atoms. The SMILES string of the molecule is CCOC(=O)C1CCCc2ccccc2C(=O)NCCC1=O. The predicted molar refractivity (Wildman–Crippen MR) is 81.5 cm³/mol. The average molecular weight is 303 g/mol. The standard InChI is InChI=1S/C17H21NO4/c1-2-22-17(21)14-9-5-7-12-6-3-4-8-13(12)16(20)18-11-10-15(14)19/h3-4,6,8,14H,2,5,7,9-11H2,1H3,(H,18,20). The molecule has 0 saturated carbocycles.